The van der Waals surface area contributed by atoms with Gasteiger partial charge in [0.25, 0.3) is 0 Å². The van der Waals surface area contributed by atoms with E-state index in [0.29, 0.717) is 24.7 Å². The molecule has 0 fully saturated rings. The number of rotatable bonds is 7. The Morgan fingerprint density at radius 1 is 1.36 bits per heavy atom. The number of benzene rings is 1. The zero-order valence-corrected chi connectivity index (χ0v) is 17.6. The number of carbonyl (C=O) groups excluding carboxylic acids is 1. The lowest BCUT2D eigenvalue weighted by atomic mass is 10.2. The first-order valence-corrected chi connectivity index (χ1v) is 11.2. The molecule has 10 heteroatoms. The van der Waals surface area contributed by atoms with Gasteiger partial charge in [-0.25, -0.2) is 0 Å². The first-order valence-electron chi connectivity index (χ1n) is 8.92. The van der Waals surface area contributed by atoms with E-state index in [4.69, 9.17) is 11.6 Å². The van der Waals surface area contributed by atoms with Gasteiger partial charge in [-0.3, -0.25) is 19.7 Å². The highest BCUT2D eigenvalue weighted by Gasteiger charge is 2.27. The average Bonchev–Trinajstić information content (AvgIpc) is 3.38. The van der Waals surface area contributed by atoms with Crippen molar-refractivity contribution in [3.05, 3.63) is 46.0 Å². The number of nitrogens with zero attached hydrogens (tertiary/aromatic N) is 5. The maximum atomic E-state index is 12.5. The number of hydrogen-bond donors (Lipinski definition) is 1. The van der Waals surface area contributed by atoms with Gasteiger partial charge < -0.3 is 4.90 Å². The molecule has 1 aromatic carbocycles. The fourth-order valence-electron chi connectivity index (χ4n) is 2.98. The van der Waals surface area contributed by atoms with Crippen molar-refractivity contribution in [1.82, 2.24) is 19.7 Å². The van der Waals surface area contributed by atoms with Crippen LogP contribution in [0, 0.1) is 0 Å². The van der Waals surface area contributed by atoms with Crippen LogP contribution in [0.5, 0.6) is 0 Å². The van der Waals surface area contributed by atoms with E-state index in [1.165, 1.54) is 0 Å². The molecule has 0 atom stereocenters. The number of hydrogen-bond acceptors (Lipinski definition) is 7. The minimum absolute atomic E-state index is 0.107. The van der Waals surface area contributed by atoms with Gasteiger partial charge in [-0.15, -0.1) is 10.2 Å². The van der Waals surface area contributed by atoms with Gasteiger partial charge in [0, 0.05) is 29.6 Å². The molecule has 0 radical (unpaired) electrons. The molecule has 1 aromatic heterocycles. The maximum absolute atomic E-state index is 12.5. The molecule has 2 aromatic rings. The summed E-state index contributed by atoms with van der Waals surface area (Å²) in [5.74, 6) is 1.05. The zero-order chi connectivity index (χ0) is 19.5. The lowest BCUT2D eigenvalue weighted by molar-refractivity contribution is -0.115. The molecule has 7 nitrogen and oxygen atoms in total. The van der Waals surface area contributed by atoms with E-state index in [1.54, 1.807) is 23.5 Å². The summed E-state index contributed by atoms with van der Waals surface area (Å²) in [6.45, 7) is 4.30. The molecule has 0 unspecified atom stereocenters. The van der Waals surface area contributed by atoms with E-state index in [-0.39, 0.29) is 5.91 Å². The second-order valence-corrected chi connectivity index (χ2v) is 8.38. The molecule has 0 saturated carbocycles. The van der Waals surface area contributed by atoms with E-state index in [1.807, 2.05) is 41.2 Å². The predicted molar refractivity (Wildman–Crippen MR) is 115 cm³/mol. The molecule has 0 spiro atoms. The standard InChI is InChI=1S/C18H19ClN6OS2/c1-2-24-16(21-15(26)9-13-11-28-17-20-7-8-25(13)17)22-23-18(24)27-10-12-5-3-4-6-14(12)19/h3-6,11H,2,7-10H2,1H3,(H,21,22,26). The Kier molecular flexibility index (Phi) is 5.93. The minimum Gasteiger partial charge on any atom is -0.322 e. The molecule has 0 saturated heterocycles. The summed E-state index contributed by atoms with van der Waals surface area (Å²) in [6.07, 6.45) is 0.296. The van der Waals surface area contributed by atoms with Crippen LogP contribution in [-0.2, 0) is 17.1 Å². The third-order valence-electron chi connectivity index (χ3n) is 4.39. The smallest absolute Gasteiger partial charge is 0.232 e. The van der Waals surface area contributed by atoms with Crippen molar-refractivity contribution in [3.8, 4) is 0 Å². The number of thioether (sulfide) groups is 2. The molecule has 1 amide bonds. The van der Waals surface area contributed by atoms with Gasteiger partial charge in [-0.1, -0.05) is 53.3 Å². The fourth-order valence-corrected chi connectivity index (χ4v) is 5.22. The van der Waals surface area contributed by atoms with Crippen LogP contribution < -0.4 is 5.32 Å². The summed E-state index contributed by atoms with van der Waals surface area (Å²) in [5, 5.41) is 15.8. The molecule has 0 aliphatic carbocycles. The van der Waals surface area contributed by atoms with E-state index in [9.17, 15) is 4.79 Å². The van der Waals surface area contributed by atoms with E-state index >= 15 is 0 Å². The first kappa shape index (κ1) is 19.4. The van der Waals surface area contributed by atoms with Gasteiger partial charge in [0.1, 0.15) is 0 Å². The normalized spacial score (nSPS) is 15.4. The number of aromatic nitrogens is 3. The number of aliphatic imine (C=N–C) groups is 1. The SMILES string of the molecule is CCn1c(NC(=O)CC2=CSC3=NCCN23)nnc1SCc1ccccc1Cl. The summed E-state index contributed by atoms with van der Waals surface area (Å²) in [4.78, 5) is 19.0. The predicted octanol–water partition coefficient (Wildman–Crippen LogP) is 3.83. The quantitative estimate of drug-likeness (QED) is 0.667. The summed E-state index contributed by atoms with van der Waals surface area (Å²) in [7, 11) is 0. The summed E-state index contributed by atoms with van der Waals surface area (Å²) >= 11 is 9.35. The Balaban J connectivity index is 1.39. The van der Waals surface area contributed by atoms with Gasteiger partial charge in [0.05, 0.1) is 13.0 Å². The van der Waals surface area contributed by atoms with Gasteiger partial charge in [0.15, 0.2) is 10.3 Å². The molecule has 4 rings (SSSR count). The van der Waals surface area contributed by atoms with Crippen molar-refractivity contribution < 1.29 is 4.79 Å². The van der Waals surface area contributed by atoms with E-state index in [0.717, 1.165) is 39.7 Å². The highest BCUT2D eigenvalue weighted by molar-refractivity contribution is 8.16. The molecule has 28 heavy (non-hydrogen) atoms. The lowest BCUT2D eigenvalue weighted by Crippen LogP contribution is -2.25. The number of amidine groups is 1. The third kappa shape index (κ3) is 4.06. The Morgan fingerprint density at radius 3 is 3.04 bits per heavy atom. The molecule has 2 aliphatic rings. The Bertz CT molecular complexity index is 957. The van der Waals surface area contributed by atoms with E-state index < -0.39 is 0 Å². The monoisotopic (exact) mass is 434 g/mol. The molecule has 0 bridgehead atoms. The summed E-state index contributed by atoms with van der Waals surface area (Å²) < 4.78 is 1.90. The molecular weight excluding hydrogens is 416 g/mol. The Hall–Kier alpha value is -1.97. The van der Waals surface area contributed by atoms with Crippen LogP contribution in [0.1, 0.15) is 18.9 Å². The summed E-state index contributed by atoms with van der Waals surface area (Å²) in [6, 6.07) is 7.74. The average molecular weight is 435 g/mol. The largest absolute Gasteiger partial charge is 0.322 e. The number of carbonyl (C=O) groups is 1. The lowest BCUT2D eigenvalue weighted by Gasteiger charge is -2.16. The van der Waals surface area contributed by atoms with Crippen LogP contribution in [0.3, 0.4) is 0 Å². The highest BCUT2D eigenvalue weighted by Crippen LogP contribution is 2.31. The molecule has 146 valence electrons. The van der Waals surface area contributed by atoms with Crippen LogP contribution in [0.4, 0.5) is 5.95 Å². The Morgan fingerprint density at radius 2 is 2.21 bits per heavy atom. The van der Waals surface area contributed by atoms with Crippen LogP contribution in [0.2, 0.25) is 5.02 Å². The van der Waals surface area contributed by atoms with Gasteiger partial charge >= 0.3 is 0 Å². The number of anilines is 1. The number of amides is 1. The minimum atomic E-state index is -0.107. The molecule has 2 aliphatic heterocycles. The van der Waals surface area contributed by atoms with Crippen LogP contribution >= 0.6 is 35.1 Å². The van der Waals surface area contributed by atoms with Crippen molar-refractivity contribution in [2.75, 3.05) is 18.4 Å². The van der Waals surface area contributed by atoms with Crippen molar-refractivity contribution >= 4 is 52.1 Å². The van der Waals surface area contributed by atoms with Crippen molar-refractivity contribution in [1.29, 1.82) is 0 Å². The van der Waals surface area contributed by atoms with Gasteiger partial charge in [0.2, 0.25) is 11.9 Å². The number of fused-ring (bicyclic) bond motifs is 1. The molecule has 3 heterocycles. The Labute approximate surface area is 176 Å². The van der Waals surface area contributed by atoms with Crippen molar-refractivity contribution in [2.24, 2.45) is 4.99 Å². The molecular formula is C18H19ClN6OS2. The fraction of sp³-hybridized carbons (Fsp3) is 0.333. The second-order valence-electron chi connectivity index (χ2n) is 6.20. The van der Waals surface area contributed by atoms with Crippen molar-refractivity contribution in [3.63, 3.8) is 0 Å². The van der Waals surface area contributed by atoms with Crippen LogP contribution in [0.15, 0.2) is 45.5 Å². The first-order chi connectivity index (χ1) is 13.7. The highest BCUT2D eigenvalue weighted by atomic mass is 35.5. The number of nitrogens with one attached hydrogen (secondary N) is 1. The summed E-state index contributed by atoms with van der Waals surface area (Å²) in [5.41, 5.74) is 2.02. The van der Waals surface area contributed by atoms with Gasteiger partial charge in [-0.05, 0) is 24.0 Å². The zero-order valence-electron chi connectivity index (χ0n) is 15.3. The number of halogens is 1. The van der Waals surface area contributed by atoms with Crippen LogP contribution in [-0.4, -0.2) is 43.8 Å². The maximum Gasteiger partial charge on any atom is 0.232 e. The van der Waals surface area contributed by atoms with Gasteiger partial charge in [-0.2, -0.15) is 0 Å². The third-order valence-corrected chi connectivity index (χ3v) is 6.72. The van der Waals surface area contributed by atoms with Crippen LogP contribution in [0.25, 0.3) is 0 Å². The molecule has 1 N–H and O–H groups in total. The topological polar surface area (TPSA) is 75.4 Å². The second kappa shape index (κ2) is 8.59. The van der Waals surface area contributed by atoms with Crippen molar-refractivity contribution in [2.45, 2.75) is 30.8 Å². The van der Waals surface area contributed by atoms with E-state index in [2.05, 4.69) is 25.4 Å².